The van der Waals surface area contributed by atoms with Gasteiger partial charge in [0.25, 0.3) is 0 Å². The van der Waals surface area contributed by atoms with Gasteiger partial charge in [0.1, 0.15) is 17.1 Å². The summed E-state index contributed by atoms with van der Waals surface area (Å²) in [6.45, 7) is 13.3. The summed E-state index contributed by atoms with van der Waals surface area (Å²) in [5, 5.41) is 0. The Bertz CT molecular complexity index is 844. The largest absolute Gasteiger partial charge is 0.488 e. The first-order valence-electron chi connectivity index (χ1n) is 9.45. The lowest BCUT2D eigenvalue weighted by atomic mass is 9.72. The van der Waals surface area contributed by atoms with Crippen LogP contribution in [-0.4, -0.2) is 17.4 Å². The van der Waals surface area contributed by atoms with Gasteiger partial charge < -0.3 is 9.47 Å². The van der Waals surface area contributed by atoms with Crippen LogP contribution in [0.3, 0.4) is 0 Å². The van der Waals surface area contributed by atoms with Gasteiger partial charge in [-0.2, -0.15) is 0 Å². The minimum atomic E-state index is -0.882. The SMILES string of the molecule is CC(C)(C)Oc1cccc(OC(=O)C2=CC(C)(C(=O)C(C)(C)C)C=CC=C2)c1. The van der Waals surface area contributed by atoms with Gasteiger partial charge in [0.15, 0.2) is 5.78 Å². The minimum Gasteiger partial charge on any atom is -0.488 e. The zero-order valence-corrected chi connectivity index (χ0v) is 17.8. The molecule has 1 aromatic rings. The Kier molecular flexibility index (Phi) is 6.03. The van der Waals surface area contributed by atoms with Gasteiger partial charge in [-0.1, -0.05) is 51.1 Å². The standard InChI is InChI=1S/C24H30O4/c1-22(2,3)21(26)24(7)14-9-8-11-17(16-24)20(25)27-18-12-10-13-19(15-18)28-23(4,5)6/h8-16H,1-7H3. The van der Waals surface area contributed by atoms with E-state index in [2.05, 4.69) is 0 Å². The molecular formula is C24H30O4. The first-order valence-corrected chi connectivity index (χ1v) is 9.45. The number of ketones is 1. The topological polar surface area (TPSA) is 52.6 Å². The molecule has 0 N–H and O–H groups in total. The number of benzene rings is 1. The van der Waals surface area contributed by atoms with E-state index in [1.165, 1.54) is 0 Å². The van der Waals surface area contributed by atoms with Crippen molar-refractivity contribution in [3.05, 3.63) is 60.2 Å². The maximum atomic E-state index is 12.9. The van der Waals surface area contributed by atoms with Crippen molar-refractivity contribution in [2.75, 3.05) is 0 Å². The van der Waals surface area contributed by atoms with E-state index in [1.54, 1.807) is 42.5 Å². The number of Topliss-reactive ketones (excluding diaryl/α,β-unsaturated/α-hetero) is 1. The summed E-state index contributed by atoms with van der Waals surface area (Å²) in [5.74, 6) is 0.534. The zero-order chi connectivity index (χ0) is 21.2. The minimum absolute atomic E-state index is 0.0332. The van der Waals surface area contributed by atoms with E-state index in [1.807, 2.05) is 60.6 Å². The lowest BCUT2D eigenvalue weighted by Crippen LogP contribution is -2.35. The van der Waals surface area contributed by atoms with Crippen molar-refractivity contribution in [3.8, 4) is 11.5 Å². The molecule has 0 heterocycles. The van der Waals surface area contributed by atoms with Crippen LogP contribution in [0.15, 0.2) is 60.2 Å². The highest BCUT2D eigenvalue weighted by molar-refractivity contribution is 5.98. The number of carbonyl (C=O) groups excluding carboxylic acids is 2. The van der Waals surface area contributed by atoms with Crippen LogP contribution in [0, 0.1) is 10.8 Å². The van der Waals surface area contributed by atoms with Gasteiger partial charge in [-0.15, -0.1) is 0 Å². The van der Waals surface area contributed by atoms with E-state index in [0.717, 1.165) is 0 Å². The summed E-state index contributed by atoms with van der Waals surface area (Å²) < 4.78 is 11.4. The summed E-state index contributed by atoms with van der Waals surface area (Å²) in [7, 11) is 0. The van der Waals surface area contributed by atoms with Crippen LogP contribution in [0.1, 0.15) is 48.5 Å². The Morgan fingerprint density at radius 2 is 1.61 bits per heavy atom. The molecule has 4 heteroatoms. The average molecular weight is 383 g/mol. The third-order valence-electron chi connectivity index (χ3n) is 4.13. The van der Waals surface area contributed by atoms with Gasteiger partial charge in [0.05, 0.1) is 11.0 Å². The van der Waals surface area contributed by atoms with Crippen LogP contribution >= 0.6 is 0 Å². The van der Waals surface area contributed by atoms with Crippen molar-refractivity contribution in [2.24, 2.45) is 10.8 Å². The number of hydrogen-bond acceptors (Lipinski definition) is 4. The predicted molar refractivity (Wildman–Crippen MR) is 111 cm³/mol. The molecule has 4 nitrogen and oxygen atoms in total. The van der Waals surface area contributed by atoms with E-state index in [0.29, 0.717) is 17.1 Å². The van der Waals surface area contributed by atoms with Gasteiger partial charge in [-0.05, 0) is 45.9 Å². The second kappa shape index (κ2) is 7.78. The van der Waals surface area contributed by atoms with Gasteiger partial charge in [0, 0.05) is 11.5 Å². The fraction of sp³-hybridized carbons (Fsp3) is 0.417. The lowest BCUT2D eigenvalue weighted by molar-refractivity contribution is -0.131. The summed E-state index contributed by atoms with van der Waals surface area (Å²) in [6, 6.07) is 6.97. The smallest absolute Gasteiger partial charge is 0.343 e. The molecule has 0 fully saturated rings. The number of carbonyl (C=O) groups is 2. The van der Waals surface area contributed by atoms with E-state index in [-0.39, 0.29) is 11.4 Å². The quantitative estimate of drug-likeness (QED) is 0.514. The Labute approximate surface area is 167 Å². The highest BCUT2D eigenvalue weighted by Gasteiger charge is 2.37. The lowest BCUT2D eigenvalue weighted by Gasteiger charge is -2.29. The number of ether oxygens (including phenoxy) is 2. The van der Waals surface area contributed by atoms with Gasteiger partial charge in [0.2, 0.25) is 0 Å². The van der Waals surface area contributed by atoms with Gasteiger partial charge in [-0.3, -0.25) is 4.79 Å². The third kappa shape index (κ3) is 5.69. The molecule has 1 atom stereocenters. The summed E-state index contributed by atoms with van der Waals surface area (Å²) >= 11 is 0. The van der Waals surface area contributed by atoms with E-state index < -0.39 is 16.8 Å². The number of esters is 1. The van der Waals surface area contributed by atoms with Crippen LogP contribution in [0.2, 0.25) is 0 Å². The Hall–Kier alpha value is -2.62. The second-order valence-corrected chi connectivity index (χ2v) is 9.26. The van der Waals surface area contributed by atoms with E-state index in [4.69, 9.17) is 9.47 Å². The van der Waals surface area contributed by atoms with E-state index >= 15 is 0 Å². The number of allylic oxidation sites excluding steroid dienone is 4. The van der Waals surface area contributed by atoms with Crippen molar-refractivity contribution in [1.29, 1.82) is 0 Å². The highest BCUT2D eigenvalue weighted by atomic mass is 16.5. The first-order chi connectivity index (χ1) is 12.8. The highest BCUT2D eigenvalue weighted by Crippen LogP contribution is 2.35. The molecule has 28 heavy (non-hydrogen) atoms. The molecule has 1 aliphatic rings. The van der Waals surface area contributed by atoms with Crippen LogP contribution in [0.5, 0.6) is 11.5 Å². The molecule has 0 amide bonds. The summed E-state index contributed by atoms with van der Waals surface area (Å²) in [4.78, 5) is 25.7. The molecule has 2 rings (SSSR count). The molecule has 0 saturated heterocycles. The molecule has 0 aliphatic heterocycles. The van der Waals surface area contributed by atoms with Crippen LogP contribution in [0.4, 0.5) is 0 Å². The first kappa shape index (κ1) is 21.7. The Balaban J connectivity index is 2.26. The molecule has 1 unspecified atom stereocenters. The molecule has 1 aliphatic carbocycles. The number of rotatable bonds is 4. The third-order valence-corrected chi connectivity index (χ3v) is 4.13. The fourth-order valence-electron chi connectivity index (χ4n) is 3.03. The second-order valence-electron chi connectivity index (χ2n) is 9.26. The predicted octanol–water partition coefficient (Wildman–Crippen LogP) is 5.44. The van der Waals surface area contributed by atoms with Crippen molar-refractivity contribution < 1.29 is 19.1 Å². The maximum Gasteiger partial charge on any atom is 0.343 e. The summed E-state index contributed by atoms with van der Waals surface area (Å²) in [6.07, 6.45) is 8.69. The van der Waals surface area contributed by atoms with Crippen molar-refractivity contribution in [1.82, 2.24) is 0 Å². The van der Waals surface area contributed by atoms with Gasteiger partial charge in [-0.25, -0.2) is 4.79 Å². The molecule has 0 spiro atoms. The number of hydrogen-bond donors (Lipinski definition) is 0. The average Bonchev–Trinajstić information content (AvgIpc) is 2.75. The molecule has 1 aromatic carbocycles. The molecule has 0 bridgehead atoms. The van der Waals surface area contributed by atoms with Crippen LogP contribution in [0.25, 0.3) is 0 Å². The van der Waals surface area contributed by atoms with Crippen molar-refractivity contribution in [2.45, 2.75) is 54.1 Å². The Morgan fingerprint density at radius 3 is 2.21 bits per heavy atom. The molecule has 0 saturated carbocycles. The molecule has 0 radical (unpaired) electrons. The van der Waals surface area contributed by atoms with Crippen molar-refractivity contribution in [3.63, 3.8) is 0 Å². The monoisotopic (exact) mass is 382 g/mol. The van der Waals surface area contributed by atoms with Gasteiger partial charge >= 0.3 is 5.97 Å². The maximum absolute atomic E-state index is 12.9. The van der Waals surface area contributed by atoms with E-state index in [9.17, 15) is 9.59 Å². The normalized spacial score (nSPS) is 19.6. The Morgan fingerprint density at radius 1 is 0.964 bits per heavy atom. The zero-order valence-electron chi connectivity index (χ0n) is 17.8. The van der Waals surface area contributed by atoms with Crippen LogP contribution < -0.4 is 9.47 Å². The van der Waals surface area contributed by atoms with Crippen LogP contribution in [-0.2, 0) is 9.59 Å². The molecular weight excluding hydrogens is 352 g/mol. The molecule has 150 valence electrons. The molecule has 0 aromatic heterocycles. The fourth-order valence-corrected chi connectivity index (χ4v) is 3.03. The van der Waals surface area contributed by atoms with Crippen molar-refractivity contribution >= 4 is 11.8 Å². The summed E-state index contributed by atoms with van der Waals surface area (Å²) in [5.41, 5.74) is -1.43.